The van der Waals surface area contributed by atoms with Crippen LogP contribution in [-0.4, -0.2) is 31.7 Å². The van der Waals surface area contributed by atoms with E-state index in [0.29, 0.717) is 27.8 Å². The molecule has 35 heavy (non-hydrogen) atoms. The van der Waals surface area contributed by atoms with E-state index in [1.54, 1.807) is 12.3 Å². The van der Waals surface area contributed by atoms with Gasteiger partial charge >= 0.3 is 6.61 Å². The lowest BCUT2D eigenvalue weighted by Crippen LogP contribution is -2.23. The molecule has 182 valence electrons. The first-order valence-corrected chi connectivity index (χ1v) is 11.6. The number of aliphatic hydroxyl groups is 1. The topological polar surface area (TPSA) is 68.9 Å². The van der Waals surface area contributed by atoms with Crippen LogP contribution in [0, 0.1) is 0 Å². The molecule has 1 aliphatic rings. The number of hydrogen-bond acceptors (Lipinski definition) is 5. The molecule has 9 heteroatoms. The maximum Gasteiger partial charge on any atom is 0.387 e. The van der Waals surface area contributed by atoms with Gasteiger partial charge in [-0.15, -0.1) is 0 Å². The Kier molecular flexibility index (Phi) is 5.89. The molecule has 0 saturated carbocycles. The van der Waals surface area contributed by atoms with E-state index in [-0.39, 0.29) is 17.8 Å². The molecule has 0 saturated heterocycles. The number of pyridine rings is 2. The van der Waals surface area contributed by atoms with Crippen LogP contribution < -0.4 is 9.47 Å². The van der Waals surface area contributed by atoms with Crippen molar-refractivity contribution in [1.82, 2.24) is 14.4 Å². The maximum absolute atomic E-state index is 13.1. The Hall–Kier alpha value is -3.23. The third-order valence-corrected chi connectivity index (χ3v) is 6.07. The van der Waals surface area contributed by atoms with Gasteiger partial charge in [0.2, 0.25) is 5.88 Å². The minimum atomic E-state index is -2.98. The molecule has 1 aromatic carbocycles. The number of halogens is 3. The fourth-order valence-corrected chi connectivity index (χ4v) is 4.66. The standard InChI is InChI=1S/C26H24ClF2N3O3/c1-26(2,3)35-22-9-5-14(12-30-22)15-4-8-21-31-23-19(33)11-18(24(23)32(21)13-15)17-10-16(27)6-7-20(17)34-25(28)29/h4-10,12-13,18-19,25,33H,11H2,1-3H3. The van der Waals surface area contributed by atoms with Gasteiger partial charge in [-0.25, -0.2) is 9.97 Å². The van der Waals surface area contributed by atoms with E-state index in [0.717, 1.165) is 16.8 Å². The summed E-state index contributed by atoms with van der Waals surface area (Å²) >= 11 is 6.20. The Morgan fingerprint density at radius 2 is 1.89 bits per heavy atom. The molecule has 0 spiro atoms. The van der Waals surface area contributed by atoms with E-state index in [2.05, 4.69) is 9.97 Å². The predicted molar refractivity (Wildman–Crippen MR) is 128 cm³/mol. The number of fused-ring (bicyclic) bond motifs is 3. The van der Waals surface area contributed by atoms with Gasteiger partial charge in [-0.1, -0.05) is 11.6 Å². The molecule has 1 aliphatic carbocycles. The average Bonchev–Trinajstić information content (AvgIpc) is 3.31. The van der Waals surface area contributed by atoms with E-state index in [9.17, 15) is 13.9 Å². The monoisotopic (exact) mass is 499 g/mol. The number of hydrogen-bond donors (Lipinski definition) is 1. The van der Waals surface area contributed by atoms with Crippen molar-refractivity contribution in [2.24, 2.45) is 0 Å². The minimum Gasteiger partial charge on any atom is -0.472 e. The van der Waals surface area contributed by atoms with E-state index in [1.807, 2.05) is 55.6 Å². The zero-order valence-corrected chi connectivity index (χ0v) is 20.1. The van der Waals surface area contributed by atoms with Crippen LogP contribution in [0.1, 0.15) is 56.2 Å². The van der Waals surface area contributed by atoms with Crippen LogP contribution in [-0.2, 0) is 0 Å². The van der Waals surface area contributed by atoms with Crippen molar-refractivity contribution in [3.05, 3.63) is 76.8 Å². The quantitative estimate of drug-likeness (QED) is 0.344. The summed E-state index contributed by atoms with van der Waals surface area (Å²) in [5.74, 6) is 0.124. The summed E-state index contributed by atoms with van der Waals surface area (Å²) in [6, 6.07) is 12.0. The molecule has 2 atom stereocenters. The van der Waals surface area contributed by atoms with Gasteiger partial charge in [0.1, 0.15) is 17.0 Å². The van der Waals surface area contributed by atoms with Crippen molar-refractivity contribution in [3.63, 3.8) is 0 Å². The molecule has 3 aromatic heterocycles. The predicted octanol–water partition coefficient (Wildman–Crippen LogP) is 6.40. The molecule has 5 rings (SSSR count). The van der Waals surface area contributed by atoms with Gasteiger partial charge in [-0.3, -0.25) is 0 Å². The number of imidazole rings is 1. The Balaban J connectivity index is 1.57. The largest absolute Gasteiger partial charge is 0.472 e. The zero-order valence-electron chi connectivity index (χ0n) is 19.4. The van der Waals surface area contributed by atoms with Gasteiger partial charge in [-0.2, -0.15) is 8.78 Å². The highest BCUT2D eigenvalue weighted by Crippen LogP contribution is 2.47. The second kappa shape index (κ2) is 8.77. The van der Waals surface area contributed by atoms with E-state index >= 15 is 0 Å². The second-order valence-corrected chi connectivity index (χ2v) is 9.93. The molecule has 4 aromatic rings. The second-order valence-electron chi connectivity index (χ2n) is 9.49. The Bertz CT molecular complexity index is 1380. The fourth-order valence-electron chi connectivity index (χ4n) is 4.48. The van der Waals surface area contributed by atoms with E-state index in [4.69, 9.17) is 21.1 Å². The van der Waals surface area contributed by atoms with Gasteiger partial charge in [0.25, 0.3) is 0 Å². The number of rotatable bonds is 5. The normalized spacial score (nSPS) is 17.7. The van der Waals surface area contributed by atoms with Gasteiger partial charge in [0.05, 0.1) is 17.5 Å². The van der Waals surface area contributed by atoms with Crippen LogP contribution in [0.3, 0.4) is 0 Å². The summed E-state index contributed by atoms with van der Waals surface area (Å²) in [6.45, 7) is 2.89. The van der Waals surface area contributed by atoms with Crippen molar-refractivity contribution in [2.75, 3.05) is 0 Å². The van der Waals surface area contributed by atoms with Crippen molar-refractivity contribution in [2.45, 2.75) is 51.4 Å². The minimum absolute atomic E-state index is 0.0270. The smallest absolute Gasteiger partial charge is 0.387 e. The lowest BCUT2D eigenvalue weighted by molar-refractivity contribution is -0.0506. The first-order valence-electron chi connectivity index (χ1n) is 11.2. The highest BCUT2D eigenvalue weighted by Gasteiger charge is 2.37. The molecule has 1 N–H and O–H groups in total. The van der Waals surface area contributed by atoms with Crippen LogP contribution in [0.15, 0.2) is 54.9 Å². The molecular formula is C26H24ClF2N3O3. The maximum atomic E-state index is 13.1. The van der Waals surface area contributed by atoms with Crippen LogP contribution in [0.2, 0.25) is 5.02 Å². The van der Waals surface area contributed by atoms with Crippen molar-refractivity contribution in [1.29, 1.82) is 0 Å². The number of benzene rings is 1. The molecule has 0 bridgehead atoms. The number of aliphatic hydroxyl groups excluding tert-OH is 1. The van der Waals surface area contributed by atoms with Crippen molar-refractivity contribution < 1.29 is 23.4 Å². The average molecular weight is 500 g/mol. The molecule has 0 aliphatic heterocycles. The zero-order chi connectivity index (χ0) is 24.9. The lowest BCUT2D eigenvalue weighted by Gasteiger charge is -2.20. The molecule has 0 fully saturated rings. The first kappa shape index (κ1) is 23.5. The number of alkyl halides is 2. The first-order chi connectivity index (χ1) is 16.6. The molecule has 2 unspecified atom stereocenters. The van der Waals surface area contributed by atoms with Crippen LogP contribution >= 0.6 is 11.6 Å². The molecule has 3 heterocycles. The van der Waals surface area contributed by atoms with Crippen molar-refractivity contribution in [3.8, 4) is 22.8 Å². The summed E-state index contributed by atoms with van der Waals surface area (Å²) in [6.07, 6.45) is 3.08. The Morgan fingerprint density at radius 3 is 2.57 bits per heavy atom. The summed E-state index contributed by atoms with van der Waals surface area (Å²) in [4.78, 5) is 9.02. The molecule has 0 amide bonds. The van der Waals surface area contributed by atoms with Gasteiger partial charge in [-0.05, 0) is 63.6 Å². The van der Waals surface area contributed by atoms with E-state index < -0.39 is 18.6 Å². The third-order valence-electron chi connectivity index (χ3n) is 5.83. The van der Waals surface area contributed by atoms with Crippen LogP contribution in [0.25, 0.3) is 16.8 Å². The third kappa shape index (κ3) is 4.68. The van der Waals surface area contributed by atoms with Crippen molar-refractivity contribution >= 4 is 17.2 Å². The molecular weight excluding hydrogens is 476 g/mol. The number of aromatic nitrogens is 3. The lowest BCUT2D eigenvalue weighted by atomic mass is 9.95. The van der Waals surface area contributed by atoms with Crippen LogP contribution in [0.4, 0.5) is 8.78 Å². The van der Waals surface area contributed by atoms with Gasteiger partial charge < -0.3 is 19.0 Å². The summed E-state index contributed by atoms with van der Waals surface area (Å²) in [7, 11) is 0. The molecule has 0 radical (unpaired) electrons. The summed E-state index contributed by atoms with van der Waals surface area (Å²) < 4.78 is 38.6. The van der Waals surface area contributed by atoms with Gasteiger partial charge in [0.15, 0.2) is 0 Å². The Morgan fingerprint density at radius 1 is 1.11 bits per heavy atom. The van der Waals surface area contributed by atoms with Gasteiger partial charge in [0, 0.05) is 46.1 Å². The summed E-state index contributed by atoms with van der Waals surface area (Å²) in [5.41, 5.74) is 3.75. The molecule has 6 nitrogen and oxygen atoms in total. The number of nitrogens with zero attached hydrogens (tertiary/aromatic N) is 3. The Labute approximate surface area is 206 Å². The summed E-state index contributed by atoms with van der Waals surface area (Å²) in [5, 5.41) is 11.1. The van der Waals surface area contributed by atoms with Crippen LogP contribution in [0.5, 0.6) is 11.6 Å². The highest BCUT2D eigenvalue weighted by atomic mass is 35.5. The fraction of sp³-hybridized carbons (Fsp3) is 0.308. The SMILES string of the molecule is CC(C)(C)Oc1ccc(-c2ccc3nc4c(n3c2)C(c2cc(Cl)ccc2OC(F)F)CC4O)cn1. The number of ether oxygens (including phenoxy) is 2. The highest BCUT2D eigenvalue weighted by molar-refractivity contribution is 6.30. The van der Waals surface area contributed by atoms with E-state index in [1.165, 1.54) is 12.1 Å².